The number of methoxy groups -OCH3 is 1. The molecule has 21 heavy (non-hydrogen) atoms. The Hall–Kier alpha value is -2.07. The van der Waals surface area contributed by atoms with E-state index in [2.05, 4.69) is 9.72 Å². The second kappa shape index (κ2) is 5.74. The van der Waals surface area contributed by atoms with Gasteiger partial charge in [-0.2, -0.15) is 13.8 Å². The first-order valence-corrected chi connectivity index (χ1v) is 7.72. The van der Waals surface area contributed by atoms with E-state index >= 15 is 0 Å². The minimum absolute atomic E-state index is 0.152. The fourth-order valence-corrected chi connectivity index (χ4v) is 3.83. The van der Waals surface area contributed by atoms with Gasteiger partial charge in [-0.15, -0.1) is 11.3 Å². The topological polar surface area (TPSA) is 85.4 Å². The molecule has 1 N–H and O–H groups in total. The Labute approximate surface area is 122 Å². The van der Waals surface area contributed by atoms with Crippen molar-refractivity contribution in [3.63, 3.8) is 0 Å². The number of carbonyl (C=O) groups is 1. The number of halogens is 2. The van der Waals surface area contributed by atoms with E-state index in [1.807, 2.05) is 4.72 Å². The molecule has 0 aromatic carbocycles. The van der Waals surface area contributed by atoms with Crippen molar-refractivity contribution in [1.29, 1.82) is 0 Å². The maximum atomic E-state index is 13.4. The van der Waals surface area contributed by atoms with Crippen LogP contribution >= 0.6 is 11.3 Å². The third kappa shape index (κ3) is 3.16. The quantitative estimate of drug-likeness (QED) is 0.683. The number of hydrogen-bond acceptors (Lipinski definition) is 6. The van der Waals surface area contributed by atoms with Crippen molar-refractivity contribution in [3.05, 3.63) is 40.4 Å². The molecule has 0 radical (unpaired) electrons. The first-order valence-electron chi connectivity index (χ1n) is 5.36. The van der Waals surface area contributed by atoms with Crippen LogP contribution in [-0.2, 0) is 14.8 Å². The second-order valence-electron chi connectivity index (χ2n) is 3.68. The Kier molecular flexibility index (Phi) is 4.19. The van der Waals surface area contributed by atoms with E-state index in [4.69, 9.17) is 0 Å². The molecule has 2 rings (SSSR count). The largest absolute Gasteiger partial charge is 0.465 e. The monoisotopic (exact) mass is 334 g/mol. The third-order valence-electron chi connectivity index (χ3n) is 2.35. The predicted molar refractivity (Wildman–Crippen MR) is 70.6 cm³/mol. The average molecular weight is 334 g/mol. The van der Waals surface area contributed by atoms with Crippen LogP contribution in [0.3, 0.4) is 0 Å². The lowest BCUT2D eigenvalue weighted by molar-refractivity contribution is 0.0602. The maximum Gasteiger partial charge on any atom is 0.349 e. The number of sulfonamides is 1. The summed E-state index contributed by atoms with van der Waals surface area (Å²) in [5.74, 6) is -3.22. The Morgan fingerprint density at radius 3 is 2.67 bits per heavy atom. The summed E-state index contributed by atoms with van der Waals surface area (Å²) in [6.07, 6.45) is 0. The number of rotatable bonds is 4. The van der Waals surface area contributed by atoms with Crippen molar-refractivity contribution in [2.45, 2.75) is 4.90 Å². The van der Waals surface area contributed by atoms with Crippen LogP contribution in [0.4, 0.5) is 14.5 Å². The minimum Gasteiger partial charge on any atom is -0.465 e. The molecule has 0 spiro atoms. The number of nitrogens with zero attached hydrogens (tertiary/aromatic N) is 1. The zero-order valence-corrected chi connectivity index (χ0v) is 12.1. The Balaban J connectivity index is 2.39. The maximum absolute atomic E-state index is 13.4. The first-order chi connectivity index (χ1) is 9.85. The van der Waals surface area contributed by atoms with Crippen molar-refractivity contribution < 1.29 is 26.7 Å². The molecule has 0 aliphatic heterocycles. The Bertz CT molecular complexity index is 789. The molecule has 0 atom stereocenters. The van der Waals surface area contributed by atoms with Gasteiger partial charge in [0.25, 0.3) is 10.0 Å². The van der Waals surface area contributed by atoms with Gasteiger partial charge in [-0.25, -0.2) is 13.2 Å². The van der Waals surface area contributed by atoms with Crippen LogP contribution in [0, 0.1) is 11.9 Å². The number of nitrogens with one attached hydrogen (secondary N) is 1. The lowest BCUT2D eigenvalue weighted by Gasteiger charge is -2.08. The number of aromatic nitrogens is 1. The number of anilines is 1. The molecule has 10 heteroatoms. The van der Waals surface area contributed by atoms with Crippen LogP contribution in [-0.4, -0.2) is 26.5 Å². The first kappa shape index (κ1) is 15.3. The SMILES string of the molecule is COC(=O)c1sccc1S(=O)(=O)Nc1ccc(F)nc1F. The van der Waals surface area contributed by atoms with Gasteiger partial charge in [0, 0.05) is 0 Å². The second-order valence-corrected chi connectivity index (χ2v) is 6.25. The smallest absolute Gasteiger partial charge is 0.349 e. The molecule has 6 nitrogen and oxygen atoms in total. The van der Waals surface area contributed by atoms with Gasteiger partial charge in [-0.05, 0) is 23.6 Å². The lowest BCUT2D eigenvalue weighted by Crippen LogP contribution is -2.17. The molecular formula is C11H8F2N2O4S2. The van der Waals surface area contributed by atoms with Crippen LogP contribution in [0.15, 0.2) is 28.5 Å². The van der Waals surface area contributed by atoms with Crippen LogP contribution in [0.25, 0.3) is 0 Å². The molecule has 112 valence electrons. The van der Waals surface area contributed by atoms with Crippen molar-refractivity contribution in [2.75, 3.05) is 11.8 Å². The molecule has 0 aliphatic rings. The van der Waals surface area contributed by atoms with Gasteiger partial charge >= 0.3 is 5.97 Å². The van der Waals surface area contributed by atoms with Crippen LogP contribution in [0.2, 0.25) is 0 Å². The van der Waals surface area contributed by atoms with Crippen LogP contribution < -0.4 is 4.72 Å². The number of hydrogen-bond donors (Lipinski definition) is 1. The summed E-state index contributed by atoms with van der Waals surface area (Å²) in [4.78, 5) is 13.8. The zero-order chi connectivity index (χ0) is 15.6. The number of thiophene rings is 1. The van der Waals surface area contributed by atoms with E-state index in [1.54, 1.807) is 0 Å². The van der Waals surface area contributed by atoms with Gasteiger partial charge in [0.05, 0.1) is 7.11 Å². The summed E-state index contributed by atoms with van der Waals surface area (Å²) >= 11 is 0.863. The summed E-state index contributed by atoms with van der Waals surface area (Å²) < 4.78 is 56.7. The summed E-state index contributed by atoms with van der Waals surface area (Å²) in [5.41, 5.74) is -0.529. The molecule has 0 bridgehead atoms. The van der Waals surface area contributed by atoms with Crippen molar-refractivity contribution in [1.82, 2.24) is 4.98 Å². The van der Waals surface area contributed by atoms with Gasteiger partial charge in [0.15, 0.2) is 0 Å². The highest BCUT2D eigenvalue weighted by Gasteiger charge is 2.25. The number of esters is 1. The Morgan fingerprint density at radius 1 is 1.33 bits per heavy atom. The summed E-state index contributed by atoms with van der Waals surface area (Å²) in [5, 5.41) is 1.38. The van der Waals surface area contributed by atoms with E-state index in [1.165, 1.54) is 11.4 Å². The van der Waals surface area contributed by atoms with Gasteiger partial charge in [-0.3, -0.25) is 4.72 Å². The Morgan fingerprint density at radius 2 is 2.05 bits per heavy atom. The predicted octanol–water partition coefficient (Wildman–Crippen LogP) is 2.01. The summed E-state index contributed by atoms with van der Waals surface area (Å²) in [6.45, 7) is 0. The van der Waals surface area contributed by atoms with E-state index in [9.17, 15) is 22.0 Å². The van der Waals surface area contributed by atoms with Crippen molar-refractivity contribution in [3.8, 4) is 0 Å². The van der Waals surface area contributed by atoms with Crippen LogP contribution in [0.5, 0.6) is 0 Å². The number of ether oxygens (including phenoxy) is 1. The van der Waals surface area contributed by atoms with Gasteiger partial charge in [-0.1, -0.05) is 0 Å². The molecule has 2 heterocycles. The average Bonchev–Trinajstić information content (AvgIpc) is 2.91. The fourth-order valence-electron chi connectivity index (χ4n) is 1.44. The van der Waals surface area contributed by atoms with Gasteiger partial charge in [0.2, 0.25) is 11.9 Å². The molecule has 0 saturated carbocycles. The van der Waals surface area contributed by atoms with Crippen LogP contribution in [0.1, 0.15) is 9.67 Å². The molecule has 0 amide bonds. The van der Waals surface area contributed by atoms with E-state index in [-0.39, 0.29) is 9.77 Å². The number of pyridine rings is 1. The van der Waals surface area contributed by atoms with E-state index in [0.29, 0.717) is 0 Å². The lowest BCUT2D eigenvalue weighted by atomic mass is 10.4. The molecule has 0 saturated heterocycles. The number of carbonyl (C=O) groups excluding carboxylic acids is 1. The summed E-state index contributed by atoms with van der Waals surface area (Å²) in [6, 6.07) is 2.86. The molecular weight excluding hydrogens is 326 g/mol. The standard InChI is InChI=1S/C11H8F2N2O4S2/c1-19-11(16)9-7(4-5-20-9)21(17,18)15-6-2-3-8(12)14-10(6)13/h2-5,15H,1H3. The highest BCUT2D eigenvalue weighted by Crippen LogP contribution is 2.25. The normalized spacial score (nSPS) is 11.2. The van der Waals surface area contributed by atoms with E-state index in [0.717, 1.165) is 30.6 Å². The summed E-state index contributed by atoms with van der Waals surface area (Å²) in [7, 11) is -3.13. The molecule has 2 aromatic heterocycles. The zero-order valence-electron chi connectivity index (χ0n) is 10.5. The highest BCUT2D eigenvalue weighted by molar-refractivity contribution is 7.93. The molecule has 2 aromatic rings. The molecule has 0 fully saturated rings. The van der Waals surface area contributed by atoms with Crippen molar-refractivity contribution >= 4 is 33.0 Å². The molecule has 0 aliphatic carbocycles. The third-order valence-corrected chi connectivity index (χ3v) is 4.78. The minimum atomic E-state index is -4.23. The van der Waals surface area contributed by atoms with Gasteiger partial charge in [0.1, 0.15) is 15.5 Å². The fraction of sp³-hybridized carbons (Fsp3) is 0.0909. The molecule has 0 unspecified atom stereocenters. The van der Waals surface area contributed by atoms with Crippen molar-refractivity contribution in [2.24, 2.45) is 0 Å². The van der Waals surface area contributed by atoms with E-state index < -0.39 is 33.6 Å². The highest BCUT2D eigenvalue weighted by atomic mass is 32.2. The van der Waals surface area contributed by atoms with Gasteiger partial charge < -0.3 is 4.74 Å².